The summed E-state index contributed by atoms with van der Waals surface area (Å²) in [5.41, 5.74) is 0. The number of quaternary nitrogens is 1. The second kappa shape index (κ2) is 23.9. The van der Waals surface area contributed by atoms with E-state index in [1.54, 1.807) is 0 Å². The summed E-state index contributed by atoms with van der Waals surface area (Å²) < 4.78 is 18.6. The Labute approximate surface area is 226 Å². The first-order valence-corrected chi connectivity index (χ1v) is 17.3. The molecule has 0 aromatic heterocycles. The van der Waals surface area contributed by atoms with Crippen molar-refractivity contribution in [2.75, 3.05) is 27.7 Å². The van der Waals surface area contributed by atoms with Crippen molar-refractivity contribution >= 4 is 7.60 Å². The molecular formula is C31H65NO3P+. The average molecular weight is 531 g/mol. The van der Waals surface area contributed by atoms with E-state index in [0.29, 0.717) is 17.5 Å². The third-order valence-corrected chi connectivity index (χ3v) is 9.51. The molecule has 0 aromatic carbocycles. The molecular weight excluding hydrogens is 465 g/mol. The summed E-state index contributed by atoms with van der Waals surface area (Å²) in [6.07, 6.45) is 32.8. The minimum absolute atomic E-state index is 0.339. The maximum absolute atomic E-state index is 12.7. The summed E-state index contributed by atoms with van der Waals surface area (Å²) in [7, 11) is 2.34. The van der Waals surface area contributed by atoms with Crippen molar-refractivity contribution in [2.24, 2.45) is 0 Å². The molecule has 5 heteroatoms. The number of unbranched alkanes of at least 4 members (excludes halogenated alkanes) is 18. The van der Waals surface area contributed by atoms with Gasteiger partial charge in [0.05, 0.1) is 27.7 Å². The van der Waals surface area contributed by atoms with Crippen molar-refractivity contribution in [2.45, 2.75) is 161 Å². The van der Waals surface area contributed by atoms with Crippen LogP contribution >= 0.6 is 7.60 Å². The Kier molecular flexibility index (Phi) is 23.8. The number of hydrogen-bond acceptors (Lipinski definition) is 2. The molecule has 1 N–H and O–H groups in total. The second-order valence-electron chi connectivity index (χ2n) is 11.8. The Hall–Kier alpha value is -0.150. The smallest absolute Gasteiger partial charge is 0.320 e. The molecule has 0 saturated heterocycles. The zero-order chi connectivity index (χ0) is 27.0. The van der Waals surface area contributed by atoms with Crippen molar-refractivity contribution in [1.29, 1.82) is 0 Å². The van der Waals surface area contributed by atoms with Crippen LogP contribution in [0, 0.1) is 0 Å². The Morgan fingerprint density at radius 3 is 1.42 bits per heavy atom. The van der Waals surface area contributed by atoms with Crippen LogP contribution in [-0.4, -0.2) is 42.9 Å². The monoisotopic (exact) mass is 530 g/mol. The first-order valence-electron chi connectivity index (χ1n) is 15.7. The quantitative estimate of drug-likeness (QED) is 0.0497. The number of nitrogens with zero attached hydrogens (tertiary/aromatic N) is 1. The molecule has 0 spiro atoms. The van der Waals surface area contributed by atoms with Gasteiger partial charge < -0.3 is 13.9 Å². The maximum Gasteiger partial charge on any atom is 0.385 e. The fourth-order valence-corrected chi connectivity index (χ4v) is 6.96. The normalized spacial score (nSPS) is 14.9. The second-order valence-corrected chi connectivity index (χ2v) is 13.8. The summed E-state index contributed by atoms with van der Waals surface area (Å²) in [4.78, 5) is 10.4. The van der Waals surface area contributed by atoms with E-state index in [4.69, 9.17) is 4.52 Å². The molecule has 4 nitrogen and oxygen atoms in total. The molecule has 216 valence electrons. The Morgan fingerprint density at radius 2 is 1.03 bits per heavy atom. The number of hydrogen-bond donors (Lipinski definition) is 1. The lowest BCUT2D eigenvalue weighted by Gasteiger charge is -2.35. The van der Waals surface area contributed by atoms with Gasteiger partial charge in [0.1, 0.15) is 0 Å². The molecule has 0 bridgehead atoms. The Bertz CT molecular complexity index is 544. The molecule has 0 aromatic rings. The van der Waals surface area contributed by atoms with Gasteiger partial charge in [-0.1, -0.05) is 122 Å². The molecule has 0 amide bonds. The van der Waals surface area contributed by atoms with Gasteiger partial charge in [-0.05, 0) is 38.5 Å². The predicted octanol–water partition coefficient (Wildman–Crippen LogP) is 10.4. The molecule has 0 aliphatic rings. The molecule has 0 rings (SSSR count). The lowest BCUT2D eigenvalue weighted by molar-refractivity contribution is -0.883. The summed E-state index contributed by atoms with van der Waals surface area (Å²) in [5.74, 6) is -0.339. The van der Waals surface area contributed by atoms with Crippen LogP contribution in [0.4, 0.5) is 0 Å². The molecule has 0 aliphatic carbocycles. The van der Waals surface area contributed by atoms with Crippen LogP contribution in [-0.2, 0) is 9.09 Å². The molecule has 0 aliphatic heterocycles. The van der Waals surface area contributed by atoms with E-state index in [1.807, 2.05) is 21.1 Å². The molecule has 2 unspecified atom stereocenters. The van der Waals surface area contributed by atoms with E-state index >= 15 is 0 Å². The molecule has 2 atom stereocenters. The van der Waals surface area contributed by atoms with Gasteiger partial charge in [0.25, 0.3) is 0 Å². The van der Waals surface area contributed by atoms with E-state index < -0.39 is 7.60 Å². The fraction of sp³-hybridized carbons (Fsp3) is 0.935. The predicted molar refractivity (Wildman–Crippen MR) is 160 cm³/mol. The van der Waals surface area contributed by atoms with Gasteiger partial charge in [0.15, 0.2) is 5.78 Å². The molecule has 0 radical (unpaired) electrons. The molecule has 36 heavy (non-hydrogen) atoms. The highest BCUT2D eigenvalue weighted by Crippen LogP contribution is 2.51. The highest BCUT2D eigenvalue weighted by molar-refractivity contribution is 7.53. The molecule has 0 fully saturated rings. The maximum atomic E-state index is 12.7. The SMILES string of the molecule is CCCCCCCCCCCCCCCC=CCCCCCCCOP(=O)(O)C(CCC)[N+](C)(C)C. The van der Waals surface area contributed by atoms with Gasteiger partial charge in [-0.3, -0.25) is 4.57 Å². The minimum atomic E-state index is -3.57. The van der Waals surface area contributed by atoms with Gasteiger partial charge >= 0.3 is 7.60 Å². The van der Waals surface area contributed by atoms with Crippen LogP contribution in [0.2, 0.25) is 0 Å². The van der Waals surface area contributed by atoms with Crippen LogP contribution in [0.5, 0.6) is 0 Å². The highest BCUT2D eigenvalue weighted by atomic mass is 31.2. The van der Waals surface area contributed by atoms with E-state index in [2.05, 4.69) is 26.0 Å². The van der Waals surface area contributed by atoms with Gasteiger partial charge in [-0.15, -0.1) is 0 Å². The van der Waals surface area contributed by atoms with Crippen molar-refractivity contribution in [3.05, 3.63) is 12.2 Å². The van der Waals surface area contributed by atoms with E-state index in [1.165, 1.54) is 116 Å². The zero-order valence-electron chi connectivity index (χ0n) is 25.2. The third-order valence-electron chi connectivity index (χ3n) is 7.25. The lowest BCUT2D eigenvalue weighted by Crippen LogP contribution is -2.45. The molecule has 0 heterocycles. The van der Waals surface area contributed by atoms with Gasteiger partial charge in [0, 0.05) is 6.42 Å². The van der Waals surface area contributed by atoms with E-state index in [0.717, 1.165) is 19.3 Å². The summed E-state index contributed by atoms with van der Waals surface area (Å²) in [5, 5.41) is 0. The lowest BCUT2D eigenvalue weighted by atomic mass is 10.0. The van der Waals surface area contributed by atoms with Crippen molar-refractivity contribution in [3.63, 3.8) is 0 Å². The Balaban J connectivity index is 3.46. The average Bonchev–Trinajstić information content (AvgIpc) is 2.82. The Morgan fingerprint density at radius 1 is 0.639 bits per heavy atom. The summed E-state index contributed by atoms with van der Waals surface area (Å²) in [6.45, 7) is 4.74. The van der Waals surface area contributed by atoms with Gasteiger partial charge in [0.2, 0.25) is 0 Å². The largest absolute Gasteiger partial charge is 0.385 e. The number of rotatable bonds is 27. The molecule has 0 saturated carbocycles. The fourth-order valence-electron chi connectivity index (χ4n) is 4.94. The standard InChI is InChI=1S/C31H64NO3P/c1-6-8-9-10-11-12-13-14-15-16-17-18-19-20-21-22-23-24-25-26-27-28-30-35-36(33,34)31(29-7-2)32(3,4)5/h21-22,31H,6-20,23-30H2,1-5H3/p+1. The van der Waals surface area contributed by atoms with Crippen LogP contribution in [0.3, 0.4) is 0 Å². The van der Waals surface area contributed by atoms with Crippen molar-refractivity contribution < 1.29 is 18.5 Å². The van der Waals surface area contributed by atoms with Crippen LogP contribution in [0.15, 0.2) is 12.2 Å². The van der Waals surface area contributed by atoms with Gasteiger partial charge in [-0.2, -0.15) is 0 Å². The van der Waals surface area contributed by atoms with Crippen molar-refractivity contribution in [3.8, 4) is 0 Å². The first kappa shape index (κ1) is 35.9. The van der Waals surface area contributed by atoms with Crippen molar-refractivity contribution in [1.82, 2.24) is 0 Å². The van der Waals surface area contributed by atoms with Crippen LogP contribution in [0.1, 0.15) is 155 Å². The van der Waals surface area contributed by atoms with Crippen LogP contribution in [0.25, 0.3) is 0 Å². The number of allylic oxidation sites excluding steroid dienone is 2. The first-order chi connectivity index (χ1) is 17.3. The van der Waals surface area contributed by atoms with E-state index in [9.17, 15) is 9.46 Å². The highest BCUT2D eigenvalue weighted by Gasteiger charge is 2.41. The minimum Gasteiger partial charge on any atom is -0.320 e. The van der Waals surface area contributed by atoms with E-state index in [-0.39, 0.29) is 5.78 Å². The van der Waals surface area contributed by atoms with Crippen LogP contribution < -0.4 is 0 Å². The summed E-state index contributed by atoms with van der Waals surface area (Å²) in [6, 6.07) is 0. The summed E-state index contributed by atoms with van der Waals surface area (Å²) >= 11 is 0. The topological polar surface area (TPSA) is 46.5 Å². The van der Waals surface area contributed by atoms with Gasteiger partial charge in [-0.25, -0.2) is 0 Å². The zero-order valence-corrected chi connectivity index (χ0v) is 26.0. The third kappa shape index (κ3) is 21.9.